The van der Waals surface area contributed by atoms with Crippen LogP contribution in [-0.2, 0) is 11.3 Å². The largest absolute Gasteiger partial charge is 0.356 e. The summed E-state index contributed by atoms with van der Waals surface area (Å²) in [7, 11) is 0. The summed E-state index contributed by atoms with van der Waals surface area (Å²) in [4.78, 5) is 24.1. The molecule has 0 saturated heterocycles. The standard InChI is InChI=1S/C29H30FN3O3/c1-2-3-7-15-31-29(34)18-25(22-11-8-12-23(30)16-22)27-20-32(19-21-9-5-4-6-10-21)28-14-13-24(33(35)36)17-26(27)28/h4-6,8-14,16-17,20,25H,2-3,7,15,18-19H2,1H3,(H,31,34)/t25-/m1/s1. The summed E-state index contributed by atoms with van der Waals surface area (Å²) in [6.45, 7) is 3.25. The van der Waals surface area contributed by atoms with Crippen molar-refractivity contribution in [3.05, 3.63) is 112 Å². The molecule has 0 spiro atoms. The van der Waals surface area contributed by atoms with Crippen LogP contribution < -0.4 is 5.32 Å². The van der Waals surface area contributed by atoms with Gasteiger partial charge in [-0.3, -0.25) is 14.9 Å². The molecule has 0 radical (unpaired) electrons. The molecule has 0 saturated carbocycles. The Kier molecular flexibility index (Phi) is 8.10. The maximum atomic E-state index is 14.2. The number of nitro benzene ring substituents is 1. The molecule has 36 heavy (non-hydrogen) atoms. The first-order valence-corrected chi connectivity index (χ1v) is 12.3. The van der Waals surface area contributed by atoms with Crippen molar-refractivity contribution in [3.8, 4) is 0 Å². The molecular weight excluding hydrogens is 457 g/mol. The summed E-state index contributed by atoms with van der Waals surface area (Å²) in [6.07, 6.45) is 5.05. The predicted octanol–water partition coefficient (Wildman–Crippen LogP) is 6.57. The third kappa shape index (κ3) is 5.97. The molecule has 4 aromatic rings. The number of unbranched alkanes of at least 4 members (excludes halogenated alkanes) is 2. The first kappa shape index (κ1) is 25.1. The number of amides is 1. The molecule has 6 nitrogen and oxygen atoms in total. The molecule has 0 aliphatic rings. The first-order valence-electron chi connectivity index (χ1n) is 12.3. The Morgan fingerprint density at radius 2 is 1.86 bits per heavy atom. The minimum absolute atomic E-state index is 0.0248. The number of nitrogens with zero attached hydrogens (tertiary/aromatic N) is 2. The molecule has 7 heteroatoms. The zero-order valence-electron chi connectivity index (χ0n) is 20.3. The summed E-state index contributed by atoms with van der Waals surface area (Å²) in [6, 6.07) is 20.9. The molecule has 0 aliphatic heterocycles. The van der Waals surface area contributed by atoms with Crippen LogP contribution in [0.1, 0.15) is 55.2 Å². The van der Waals surface area contributed by atoms with Gasteiger partial charge in [-0.1, -0.05) is 62.2 Å². The van der Waals surface area contributed by atoms with Crippen LogP contribution in [-0.4, -0.2) is 21.9 Å². The second kappa shape index (κ2) is 11.6. The van der Waals surface area contributed by atoms with Gasteiger partial charge in [-0.05, 0) is 41.3 Å². The fraction of sp³-hybridized carbons (Fsp3) is 0.276. The normalized spacial score (nSPS) is 11.9. The van der Waals surface area contributed by atoms with E-state index in [1.165, 1.54) is 18.2 Å². The number of hydrogen-bond acceptors (Lipinski definition) is 3. The number of nitro groups is 1. The van der Waals surface area contributed by atoms with Gasteiger partial charge in [-0.25, -0.2) is 4.39 Å². The number of benzene rings is 3. The van der Waals surface area contributed by atoms with Crippen LogP contribution in [0.4, 0.5) is 10.1 Å². The molecule has 1 aromatic heterocycles. The van der Waals surface area contributed by atoms with E-state index in [1.54, 1.807) is 24.3 Å². The fourth-order valence-electron chi connectivity index (χ4n) is 4.61. The second-order valence-corrected chi connectivity index (χ2v) is 9.03. The molecule has 186 valence electrons. The molecule has 1 atom stereocenters. The zero-order chi connectivity index (χ0) is 25.5. The monoisotopic (exact) mass is 487 g/mol. The number of carbonyl (C=O) groups is 1. The Morgan fingerprint density at radius 1 is 1.06 bits per heavy atom. The Balaban J connectivity index is 1.79. The van der Waals surface area contributed by atoms with E-state index in [2.05, 4.69) is 12.2 Å². The summed E-state index contributed by atoms with van der Waals surface area (Å²) >= 11 is 0. The maximum Gasteiger partial charge on any atom is 0.270 e. The van der Waals surface area contributed by atoms with Crippen molar-refractivity contribution in [2.24, 2.45) is 0 Å². The number of aromatic nitrogens is 1. The number of non-ortho nitro benzene ring substituents is 1. The van der Waals surface area contributed by atoms with E-state index in [4.69, 9.17) is 0 Å². The van der Waals surface area contributed by atoms with Crippen LogP contribution in [0.2, 0.25) is 0 Å². The van der Waals surface area contributed by atoms with Gasteiger partial charge in [0.05, 0.1) is 4.92 Å². The Bertz CT molecular complexity index is 1350. The van der Waals surface area contributed by atoms with Gasteiger partial charge in [0, 0.05) is 54.7 Å². The molecule has 0 fully saturated rings. The average molecular weight is 488 g/mol. The van der Waals surface area contributed by atoms with Gasteiger partial charge in [0.2, 0.25) is 5.91 Å². The van der Waals surface area contributed by atoms with Crippen molar-refractivity contribution < 1.29 is 14.1 Å². The van der Waals surface area contributed by atoms with Crippen LogP contribution in [0, 0.1) is 15.9 Å². The number of fused-ring (bicyclic) bond motifs is 1. The van der Waals surface area contributed by atoms with E-state index in [0.29, 0.717) is 24.0 Å². The minimum Gasteiger partial charge on any atom is -0.356 e. The average Bonchev–Trinajstić information content (AvgIpc) is 3.23. The van der Waals surface area contributed by atoms with E-state index in [9.17, 15) is 19.3 Å². The highest BCUT2D eigenvalue weighted by molar-refractivity contribution is 5.88. The molecule has 1 heterocycles. The van der Waals surface area contributed by atoms with Crippen molar-refractivity contribution in [1.82, 2.24) is 9.88 Å². The Labute approximate surface area is 209 Å². The van der Waals surface area contributed by atoms with Gasteiger partial charge in [-0.15, -0.1) is 0 Å². The highest BCUT2D eigenvalue weighted by Crippen LogP contribution is 2.37. The topological polar surface area (TPSA) is 77.2 Å². The van der Waals surface area contributed by atoms with Gasteiger partial charge in [0.15, 0.2) is 0 Å². The number of rotatable bonds is 11. The molecule has 0 unspecified atom stereocenters. The number of hydrogen-bond donors (Lipinski definition) is 1. The molecular formula is C29H30FN3O3. The quantitative estimate of drug-likeness (QED) is 0.148. The van der Waals surface area contributed by atoms with E-state index < -0.39 is 10.8 Å². The van der Waals surface area contributed by atoms with Crippen LogP contribution in [0.3, 0.4) is 0 Å². The summed E-state index contributed by atoms with van der Waals surface area (Å²) in [5, 5.41) is 15.2. The van der Waals surface area contributed by atoms with Crippen molar-refractivity contribution in [2.75, 3.05) is 6.54 Å². The van der Waals surface area contributed by atoms with Gasteiger partial charge < -0.3 is 9.88 Å². The van der Waals surface area contributed by atoms with Crippen LogP contribution in [0.25, 0.3) is 10.9 Å². The van der Waals surface area contributed by atoms with Crippen LogP contribution in [0.5, 0.6) is 0 Å². The second-order valence-electron chi connectivity index (χ2n) is 9.03. The molecule has 3 aromatic carbocycles. The van der Waals surface area contributed by atoms with E-state index in [1.807, 2.05) is 41.1 Å². The fourth-order valence-corrected chi connectivity index (χ4v) is 4.61. The van der Waals surface area contributed by atoms with E-state index in [-0.39, 0.29) is 23.8 Å². The molecule has 0 bridgehead atoms. The molecule has 4 rings (SSSR count). The highest BCUT2D eigenvalue weighted by atomic mass is 19.1. The lowest BCUT2D eigenvalue weighted by molar-refractivity contribution is -0.384. The van der Waals surface area contributed by atoms with Gasteiger partial charge >= 0.3 is 0 Å². The van der Waals surface area contributed by atoms with Crippen LogP contribution >= 0.6 is 0 Å². The smallest absolute Gasteiger partial charge is 0.270 e. The lowest BCUT2D eigenvalue weighted by atomic mass is 9.88. The summed E-state index contributed by atoms with van der Waals surface area (Å²) < 4.78 is 16.3. The lowest BCUT2D eigenvalue weighted by Gasteiger charge is -2.17. The summed E-state index contributed by atoms with van der Waals surface area (Å²) in [5.41, 5.74) is 3.30. The Morgan fingerprint density at radius 3 is 2.58 bits per heavy atom. The molecule has 0 aliphatic carbocycles. The van der Waals surface area contributed by atoms with Gasteiger partial charge in [0.25, 0.3) is 5.69 Å². The third-order valence-electron chi connectivity index (χ3n) is 6.42. The molecule has 1 amide bonds. The number of carbonyl (C=O) groups excluding carboxylic acids is 1. The minimum atomic E-state index is -0.464. The Hall–Kier alpha value is -4.00. The van der Waals surface area contributed by atoms with Crippen molar-refractivity contribution in [3.63, 3.8) is 0 Å². The van der Waals surface area contributed by atoms with Crippen molar-refractivity contribution in [2.45, 2.75) is 45.1 Å². The lowest BCUT2D eigenvalue weighted by Crippen LogP contribution is -2.26. The van der Waals surface area contributed by atoms with Crippen molar-refractivity contribution in [1.29, 1.82) is 0 Å². The zero-order valence-corrected chi connectivity index (χ0v) is 20.3. The maximum absolute atomic E-state index is 14.2. The first-order chi connectivity index (χ1) is 17.5. The van der Waals surface area contributed by atoms with E-state index >= 15 is 0 Å². The third-order valence-corrected chi connectivity index (χ3v) is 6.42. The predicted molar refractivity (Wildman–Crippen MR) is 140 cm³/mol. The van der Waals surface area contributed by atoms with Crippen molar-refractivity contribution >= 4 is 22.5 Å². The summed E-state index contributed by atoms with van der Waals surface area (Å²) in [5.74, 6) is -0.983. The van der Waals surface area contributed by atoms with Gasteiger partial charge in [0.1, 0.15) is 5.82 Å². The number of halogens is 1. The molecule has 1 N–H and O–H groups in total. The van der Waals surface area contributed by atoms with E-state index in [0.717, 1.165) is 35.9 Å². The van der Waals surface area contributed by atoms with Gasteiger partial charge in [-0.2, -0.15) is 0 Å². The number of nitrogens with one attached hydrogen (secondary N) is 1. The highest BCUT2D eigenvalue weighted by Gasteiger charge is 2.24. The SMILES string of the molecule is CCCCCNC(=O)C[C@H](c1cccc(F)c1)c1cn(Cc2ccccc2)c2ccc([N+](=O)[O-])cc12. The van der Waals surface area contributed by atoms with Crippen LogP contribution in [0.15, 0.2) is 79.0 Å².